The SMILES string of the molecule is CCc1ccccc1CCC(=O)O.c1cc2cc-2c1. The first-order valence-corrected chi connectivity index (χ1v) is 6.59. The summed E-state index contributed by atoms with van der Waals surface area (Å²) in [6.45, 7) is 2.08. The topological polar surface area (TPSA) is 37.3 Å². The zero-order valence-corrected chi connectivity index (χ0v) is 11.1. The lowest BCUT2D eigenvalue weighted by Gasteiger charge is -2.04. The maximum absolute atomic E-state index is 10.4. The molecular formula is C17H18O2. The van der Waals surface area contributed by atoms with Crippen LogP contribution < -0.4 is 0 Å². The van der Waals surface area contributed by atoms with Crippen LogP contribution >= 0.6 is 0 Å². The van der Waals surface area contributed by atoms with Crippen LogP contribution in [0, 0.1) is 0 Å². The van der Waals surface area contributed by atoms with Crippen molar-refractivity contribution >= 4 is 5.97 Å². The third-order valence-electron chi connectivity index (χ3n) is 3.22. The number of carboxylic acids is 1. The molecule has 0 radical (unpaired) electrons. The normalized spacial score (nSPS) is 10.4. The molecule has 0 heterocycles. The second kappa shape index (κ2) is 6.19. The van der Waals surface area contributed by atoms with Crippen molar-refractivity contribution in [3.05, 3.63) is 59.7 Å². The Balaban J connectivity index is 0.000000180. The summed E-state index contributed by atoms with van der Waals surface area (Å²) in [4.78, 5) is 10.4. The van der Waals surface area contributed by atoms with Gasteiger partial charge < -0.3 is 5.11 Å². The molecule has 3 rings (SSSR count). The highest BCUT2D eigenvalue weighted by Crippen LogP contribution is 2.32. The molecule has 2 aliphatic carbocycles. The number of aliphatic carboxylic acids is 1. The Morgan fingerprint density at radius 2 is 1.63 bits per heavy atom. The molecule has 0 unspecified atom stereocenters. The molecular weight excluding hydrogens is 236 g/mol. The molecule has 0 amide bonds. The molecule has 0 aromatic heterocycles. The van der Waals surface area contributed by atoms with Gasteiger partial charge in [0, 0.05) is 6.42 Å². The third-order valence-corrected chi connectivity index (χ3v) is 3.22. The molecule has 19 heavy (non-hydrogen) atoms. The number of hydrogen-bond donors (Lipinski definition) is 1. The van der Waals surface area contributed by atoms with E-state index in [2.05, 4.69) is 37.3 Å². The third kappa shape index (κ3) is 3.95. The molecule has 98 valence electrons. The van der Waals surface area contributed by atoms with Crippen LogP contribution in [0.4, 0.5) is 0 Å². The van der Waals surface area contributed by atoms with Gasteiger partial charge in [0.25, 0.3) is 0 Å². The molecule has 2 nitrogen and oxygen atoms in total. The van der Waals surface area contributed by atoms with Gasteiger partial charge in [-0.05, 0) is 41.2 Å². The van der Waals surface area contributed by atoms with Crippen molar-refractivity contribution in [2.24, 2.45) is 0 Å². The van der Waals surface area contributed by atoms with E-state index in [9.17, 15) is 4.79 Å². The number of benzene rings is 2. The average Bonchev–Trinajstić information content (AvgIpc) is 3.03. The molecule has 0 fully saturated rings. The smallest absolute Gasteiger partial charge is 0.303 e. The van der Waals surface area contributed by atoms with Gasteiger partial charge >= 0.3 is 5.97 Å². The van der Waals surface area contributed by atoms with Crippen molar-refractivity contribution < 1.29 is 9.90 Å². The van der Waals surface area contributed by atoms with E-state index in [1.165, 1.54) is 16.7 Å². The molecule has 1 aromatic rings. The van der Waals surface area contributed by atoms with E-state index in [1.54, 1.807) is 0 Å². The van der Waals surface area contributed by atoms with Gasteiger partial charge in [-0.25, -0.2) is 0 Å². The number of carboxylic acid groups (broad SMARTS) is 1. The van der Waals surface area contributed by atoms with Crippen LogP contribution in [0.1, 0.15) is 24.5 Å². The minimum absolute atomic E-state index is 0.219. The summed E-state index contributed by atoms with van der Waals surface area (Å²) < 4.78 is 0. The van der Waals surface area contributed by atoms with Crippen molar-refractivity contribution in [2.45, 2.75) is 26.2 Å². The highest BCUT2D eigenvalue weighted by atomic mass is 16.4. The molecule has 2 heteroatoms. The summed E-state index contributed by atoms with van der Waals surface area (Å²) in [7, 11) is 0. The van der Waals surface area contributed by atoms with Crippen LogP contribution in [0.25, 0.3) is 11.1 Å². The van der Waals surface area contributed by atoms with E-state index < -0.39 is 5.97 Å². The quantitative estimate of drug-likeness (QED) is 0.765. The van der Waals surface area contributed by atoms with E-state index >= 15 is 0 Å². The molecule has 0 saturated heterocycles. The first kappa shape index (κ1) is 13.3. The van der Waals surface area contributed by atoms with E-state index in [-0.39, 0.29) is 6.42 Å². The van der Waals surface area contributed by atoms with Crippen LogP contribution in [0.2, 0.25) is 0 Å². The summed E-state index contributed by atoms with van der Waals surface area (Å²) in [6, 6.07) is 16.5. The fraction of sp³-hybridized carbons (Fsp3) is 0.235. The predicted molar refractivity (Wildman–Crippen MR) is 77.2 cm³/mol. The molecule has 0 saturated carbocycles. The van der Waals surface area contributed by atoms with Crippen molar-refractivity contribution in [1.29, 1.82) is 0 Å². The first-order chi connectivity index (χ1) is 9.20. The van der Waals surface area contributed by atoms with Gasteiger partial charge in [0.05, 0.1) is 0 Å². The number of aryl methyl sites for hydroxylation is 2. The largest absolute Gasteiger partial charge is 0.481 e. The summed E-state index contributed by atoms with van der Waals surface area (Å²) in [5.74, 6) is -0.731. The maximum Gasteiger partial charge on any atom is 0.303 e. The second-order valence-electron chi connectivity index (χ2n) is 4.60. The fourth-order valence-electron chi connectivity index (χ4n) is 2.06. The van der Waals surface area contributed by atoms with Crippen LogP contribution in [0.5, 0.6) is 0 Å². The van der Waals surface area contributed by atoms with Crippen molar-refractivity contribution in [1.82, 2.24) is 0 Å². The molecule has 0 atom stereocenters. The Kier molecular flexibility index (Phi) is 4.35. The number of rotatable bonds is 4. The van der Waals surface area contributed by atoms with Crippen LogP contribution in [-0.4, -0.2) is 11.1 Å². The van der Waals surface area contributed by atoms with Gasteiger partial charge in [-0.15, -0.1) is 0 Å². The summed E-state index contributed by atoms with van der Waals surface area (Å²) >= 11 is 0. The number of hydrogen-bond acceptors (Lipinski definition) is 1. The standard InChI is InChI=1S/C11H14O2.C6H4/c1-2-9-5-3-4-6-10(9)7-8-11(12)13;1-2-5-4-6(5)3-1/h3-6H,2,7-8H2,1H3,(H,12,13);1-4H. The minimum Gasteiger partial charge on any atom is -0.481 e. The molecule has 1 N–H and O–H groups in total. The minimum atomic E-state index is -0.731. The number of carbonyl (C=O) groups is 1. The van der Waals surface area contributed by atoms with Gasteiger partial charge in [0.15, 0.2) is 0 Å². The molecule has 0 bridgehead atoms. The van der Waals surface area contributed by atoms with Crippen molar-refractivity contribution in [2.75, 3.05) is 0 Å². The Labute approximate surface area is 113 Å². The van der Waals surface area contributed by atoms with Crippen LogP contribution in [-0.2, 0) is 17.6 Å². The van der Waals surface area contributed by atoms with E-state index in [1.807, 2.05) is 18.2 Å². The lowest BCUT2D eigenvalue weighted by Crippen LogP contribution is -1.99. The second-order valence-corrected chi connectivity index (χ2v) is 4.60. The van der Waals surface area contributed by atoms with E-state index in [0.717, 1.165) is 12.0 Å². The average molecular weight is 254 g/mol. The van der Waals surface area contributed by atoms with Gasteiger partial charge in [-0.1, -0.05) is 49.4 Å². The van der Waals surface area contributed by atoms with Gasteiger partial charge in [-0.2, -0.15) is 0 Å². The van der Waals surface area contributed by atoms with Gasteiger partial charge in [0.2, 0.25) is 0 Å². The zero-order valence-electron chi connectivity index (χ0n) is 11.1. The predicted octanol–water partition coefficient (Wildman–Crippen LogP) is 3.93. The lowest BCUT2D eigenvalue weighted by molar-refractivity contribution is -0.136. The Morgan fingerprint density at radius 1 is 1.00 bits per heavy atom. The molecule has 0 spiro atoms. The van der Waals surface area contributed by atoms with Crippen molar-refractivity contribution in [3.63, 3.8) is 0 Å². The fourth-order valence-corrected chi connectivity index (χ4v) is 2.06. The molecule has 1 aromatic carbocycles. The van der Waals surface area contributed by atoms with Crippen LogP contribution in [0.3, 0.4) is 0 Å². The monoisotopic (exact) mass is 254 g/mol. The number of fused-ring (bicyclic) bond motifs is 1. The van der Waals surface area contributed by atoms with E-state index in [0.29, 0.717) is 6.42 Å². The zero-order chi connectivity index (χ0) is 13.7. The maximum atomic E-state index is 10.4. The van der Waals surface area contributed by atoms with E-state index in [4.69, 9.17) is 5.11 Å². The first-order valence-electron chi connectivity index (χ1n) is 6.59. The Hall–Kier alpha value is -2.09. The van der Waals surface area contributed by atoms with Gasteiger partial charge in [-0.3, -0.25) is 4.79 Å². The molecule has 0 aliphatic heterocycles. The van der Waals surface area contributed by atoms with Gasteiger partial charge in [0.1, 0.15) is 0 Å². The highest BCUT2D eigenvalue weighted by Gasteiger charge is 2.07. The Morgan fingerprint density at radius 3 is 2.05 bits per heavy atom. The molecule has 2 aliphatic rings. The summed E-state index contributed by atoms with van der Waals surface area (Å²) in [5, 5.41) is 8.54. The summed E-state index contributed by atoms with van der Waals surface area (Å²) in [5.41, 5.74) is 5.26. The van der Waals surface area contributed by atoms with Crippen LogP contribution in [0.15, 0.2) is 48.5 Å². The van der Waals surface area contributed by atoms with Crippen molar-refractivity contribution in [3.8, 4) is 11.1 Å². The summed E-state index contributed by atoms with van der Waals surface area (Å²) in [6.07, 6.45) is 1.83. The highest BCUT2D eigenvalue weighted by molar-refractivity contribution is 5.80. The lowest BCUT2D eigenvalue weighted by atomic mass is 10.0. The Bertz CT molecular complexity index is 556.